The highest BCUT2D eigenvalue weighted by molar-refractivity contribution is 7.89. The first-order valence-corrected chi connectivity index (χ1v) is 12.7. The van der Waals surface area contributed by atoms with Gasteiger partial charge in [0.2, 0.25) is 5.91 Å². The highest BCUT2D eigenvalue weighted by Gasteiger charge is 2.36. The molecule has 35 heavy (non-hydrogen) atoms. The second kappa shape index (κ2) is 10.7. The summed E-state index contributed by atoms with van der Waals surface area (Å²) >= 11 is 0. The number of hydrogen-bond acceptors (Lipinski definition) is 7. The number of carbonyl (C=O) groups is 2. The smallest absolute Gasteiger partial charge is 0.329 e. The van der Waals surface area contributed by atoms with E-state index in [-0.39, 0.29) is 23.6 Å². The monoisotopic (exact) mass is 507 g/mol. The fourth-order valence-electron chi connectivity index (χ4n) is 3.67. The van der Waals surface area contributed by atoms with Gasteiger partial charge in [0.15, 0.2) is 0 Å². The van der Waals surface area contributed by atoms with Crippen LogP contribution in [0.1, 0.15) is 39.2 Å². The average molecular weight is 508 g/mol. The molecule has 1 aliphatic heterocycles. The molecule has 0 saturated carbocycles. The van der Waals surface area contributed by atoms with Crippen LogP contribution in [0.25, 0.3) is 0 Å². The minimum absolute atomic E-state index is 0.0710. The Balaban J connectivity index is 1.75. The Bertz CT molecular complexity index is 1150. The van der Waals surface area contributed by atoms with Gasteiger partial charge in [-0.25, -0.2) is 22.6 Å². The summed E-state index contributed by atoms with van der Waals surface area (Å²) in [7, 11) is -4.03. The zero-order valence-electron chi connectivity index (χ0n) is 19.8. The van der Waals surface area contributed by atoms with E-state index in [2.05, 4.69) is 10.1 Å². The molecule has 0 radical (unpaired) electrons. The van der Waals surface area contributed by atoms with Gasteiger partial charge in [0.05, 0.1) is 4.90 Å². The van der Waals surface area contributed by atoms with E-state index >= 15 is 0 Å². The molecule has 190 valence electrons. The van der Waals surface area contributed by atoms with Gasteiger partial charge in [-0.15, -0.1) is 4.83 Å². The highest BCUT2D eigenvalue weighted by Crippen LogP contribution is 2.20. The summed E-state index contributed by atoms with van der Waals surface area (Å²) in [5.74, 6) is -1.65. The molecule has 1 aliphatic rings. The number of phenolic OH excluding ortho intramolecular Hbond substituents is 1. The number of hydrazine groups is 1. The standard InChI is InChI=1S/C24H30FN3O6S/c1-24(2,3)34-23(31)20(15-16-6-10-18(29)11-7-16)26-22(30)21-5-4-14-28(21)27-35(32,33)19-12-8-17(25)9-13-19/h6-13,20-21,27,29H,4-5,14-15H2,1-3H3,(H,26,30)/t20?,21-/m0/s1. The Kier molecular flexibility index (Phi) is 8.14. The largest absolute Gasteiger partial charge is 0.508 e. The Morgan fingerprint density at radius 1 is 1.14 bits per heavy atom. The van der Waals surface area contributed by atoms with Crippen molar-refractivity contribution in [2.24, 2.45) is 0 Å². The van der Waals surface area contributed by atoms with Crippen LogP contribution in [-0.4, -0.2) is 54.6 Å². The molecule has 0 bridgehead atoms. The summed E-state index contributed by atoms with van der Waals surface area (Å²) in [5, 5.41) is 13.5. The first kappa shape index (κ1) is 26.6. The van der Waals surface area contributed by atoms with E-state index in [0.717, 1.165) is 24.3 Å². The van der Waals surface area contributed by atoms with Gasteiger partial charge in [0, 0.05) is 13.0 Å². The number of esters is 1. The second-order valence-corrected chi connectivity index (χ2v) is 11.0. The quantitative estimate of drug-likeness (QED) is 0.468. The van der Waals surface area contributed by atoms with Crippen LogP contribution < -0.4 is 10.1 Å². The van der Waals surface area contributed by atoms with Crippen LogP contribution in [-0.2, 0) is 30.8 Å². The molecular weight excluding hydrogens is 477 g/mol. The summed E-state index contributed by atoms with van der Waals surface area (Å²) < 4.78 is 44.1. The molecule has 9 nitrogen and oxygen atoms in total. The lowest BCUT2D eigenvalue weighted by molar-refractivity contribution is -0.159. The lowest BCUT2D eigenvalue weighted by atomic mass is 10.0. The summed E-state index contributed by atoms with van der Waals surface area (Å²) in [6.07, 6.45) is 1.05. The third kappa shape index (κ3) is 7.48. The fraction of sp³-hybridized carbons (Fsp3) is 0.417. The topological polar surface area (TPSA) is 125 Å². The first-order valence-electron chi connectivity index (χ1n) is 11.2. The van der Waals surface area contributed by atoms with Crippen LogP contribution in [0.2, 0.25) is 0 Å². The molecule has 0 aliphatic carbocycles. The number of carbonyl (C=O) groups excluding carboxylic acids is 2. The van der Waals surface area contributed by atoms with Gasteiger partial charge in [0.1, 0.15) is 29.3 Å². The number of nitrogens with one attached hydrogen (secondary N) is 2. The number of phenols is 1. The van der Waals surface area contributed by atoms with Gasteiger partial charge in [0.25, 0.3) is 10.0 Å². The third-order valence-corrected chi connectivity index (χ3v) is 6.67. The van der Waals surface area contributed by atoms with E-state index in [1.807, 2.05) is 0 Å². The van der Waals surface area contributed by atoms with Crippen molar-refractivity contribution in [3.8, 4) is 5.75 Å². The minimum Gasteiger partial charge on any atom is -0.508 e. The maximum Gasteiger partial charge on any atom is 0.329 e. The molecule has 1 heterocycles. The number of benzene rings is 2. The van der Waals surface area contributed by atoms with Crippen LogP contribution in [0.4, 0.5) is 4.39 Å². The van der Waals surface area contributed by atoms with Crippen LogP contribution in [0.15, 0.2) is 53.4 Å². The molecule has 2 aromatic rings. The second-order valence-electron chi connectivity index (χ2n) is 9.37. The van der Waals surface area contributed by atoms with Gasteiger partial charge >= 0.3 is 5.97 Å². The minimum atomic E-state index is -4.03. The molecule has 3 N–H and O–H groups in total. The summed E-state index contributed by atoms with van der Waals surface area (Å²) in [6, 6.07) is 8.71. The van der Waals surface area contributed by atoms with Crippen molar-refractivity contribution in [2.45, 2.75) is 62.6 Å². The third-order valence-electron chi connectivity index (χ3n) is 5.30. The van der Waals surface area contributed by atoms with Gasteiger partial charge in [-0.1, -0.05) is 12.1 Å². The molecule has 1 amide bonds. The maximum absolute atomic E-state index is 13.2. The van der Waals surface area contributed by atoms with E-state index in [0.29, 0.717) is 18.4 Å². The van der Waals surface area contributed by atoms with Crippen LogP contribution in [0, 0.1) is 5.82 Å². The van der Waals surface area contributed by atoms with Crippen molar-refractivity contribution in [1.29, 1.82) is 0 Å². The lowest BCUT2D eigenvalue weighted by Crippen LogP contribution is -2.55. The molecule has 1 fully saturated rings. The lowest BCUT2D eigenvalue weighted by Gasteiger charge is -2.28. The van der Waals surface area contributed by atoms with Crippen molar-refractivity contribution in [3.05, 3.63) is 59.9 Å². The zero-order chi connectivity index (χ0) is 25.8. The highest BCUT2D eigenvalue weighted by atomic mass is 32.2. The number of rotatable bonds is 8. The number of ether oxygens (including phenoxy) is 1. The molecule has 0 aromatic heterocycles. The van der Waals surface area contributed by atoms with E-state index < -0.39 is 45.4 Å². The van der Waals surface area contributed by atoms with Crippen LogP contribution >= 0.6 is 0 Å². The predicted octanol–water partition coefficient (Wildman–Crippen LogP) is 2.26. The van der Waals surface area contributed by atoms with Crippen molar-refractivity contribution in [3.63, 3.8) is 0 Å². The Morgan fingerprint density at radius 3 is 2.37 bits per heavy atom. The number of nitrogens with zero attached hydrogens (tertiary/aromatic N) is 1. The molecule has 11 heteroatoms. The Hall–Kier alpha value is -3.02. The van der Waals surface area contributed by atoms with Crippen molar-refractivity contribution >= 4 is 21.9 Å². The SMILES string of the molecule is CC(C)(C)OC(=O)C(Cc1ccc(O)cc1)NC(=O)[C@@H]1CCCN1NS(=O)(=O)c1ccc(F)cc1. The Morgan fingerprint density at radius 2 is 1.77 bits per heavy atom. The molecular formula is C24H30FN3O6S. The molecule has 3 rings (SSSR count). The fourth-order valence-corrected chi connectivity index (χ4v) is 4.80. The van der Waals surface area contributed by atoms with Crippen LogP contribution in [0.3, 0.4) is 0 Å². The molecule has 2 aromatic carbocycles. The molecule has 0 spiro atoms. The number of aromatic hydroxyl groups is 1. The number of amides is 1. The first-order chi connectivity index (χ1) is 16.3. The summed E-state index contributed by atoms with van der Waals surface area (Å²) in [5.41, 5.74) is -0.0848. The predicted molar refractivity (Wildman–Crippen MR) is 126 cm³/mol. The van der Waals surface area contributed by atoms with Gasteiger partial charge < -0.3 is 15.2 Å². The number of sulfonamides is 1. The zero-order valence-corrected chi connectivity index (χ0v) is 20.6. The van der Waals surface area contributed by atoms with Crippen LogP contribution in [0.5, 0.6) is 5.75 Å². The van der Waals surface area contributed by atoms with E-state index in [1.165, 1.54) is 17.1 Å². The van der Waals surface area contributed by atoms with Crippen molar-refractivity contribution < 1.29 is 32.2 Å². The molecule has 2 atom stereocenters. The van der Waals surface area contributed by atoms with E-state index in [4.69, 9.17) is 4.74 Å². The average Bonchev–Trinajstić information content (AvgIpc) is 3.21. The molecule has 1 saturated heterocycles. The van der Waals surface area contributed by atoms with Gasteiger partial charge in [-0.2, -0.15) is 0 Å². The number of halogens is 1. The normalized spacial score (nSPS) is 17.7. The molecule has 1 unspecified atom stereocenters. The van der Waals surface area contributed by atoms with E-state index in [9.17, 15) is 27.5 Å². The summed E-state index contributed by atoms with van der Waals surface area (Å²) in [4.78, 5) is 28.3. The van der Waals surface area contributed by atoms with Gasteiger partial charge in [-0.3, -0.25) is 4.79 Å². The Labute approximate surface area is 204 Å². The van der Waals surface area contributed by atoms with E-state index in [1.54, 1.807) is 32.9 Å². The van der Waals surface area contributed by atoms with Gasteiger partial charge in [-0.05, 0) is 75.6 Å². The van der Waals surface area contributed by atoms with Crippen molar-refractivity contribution in [2.75, 3.05) is 6.54 Å². The summed E-state index contributed by atoms with van der Waals surface area (Å²) in [6.45, 7) is 5.43. The maximum atomic E-state index is 13.2. The van der Waals surface area contributed by atoms with Crippen molar-refractivity contribution in [1.82, 2.24) is 15.2 Å². The number of hydrogen-bond donors (Lipinski definition) is 3.